The molecule has 0 radical (unpaired) electrons. The maximum atomic E-state index is 11.3. The summed E-state index contributed by atoms with van der Waals surface area (Å²) in [6, 6.07) is 0. The predicted octanol–water partition coefficient (Wildman–Crippen LogP) is 1.44. The monoisotopic (exact) mass is 263 g/mol. The molecule has 0 spiro atoms. The van der Waals surface area contributed by atoms with Crippen LogP contribution in [0, 0.1) is 5.41 Å². The minimum absolute atomic E-state index is 0.00438. The van der Waals surface area contributed by atoms with Gasteiger partial charge < -0.3 is 10.4 Å². The van der Waals surface area contributed by atoms with E-state index in [0.29, 0.717) is 6.54 Å². The Morgan fingerprint density at radius 1 is 1.57 bits per heavy atom. The van der Waals surface area contributed by atoms with Crippen LogP contribution in [0.25, 0.3) is 0 Å². The van der Waals surface area contributed by atoms with Gasteiger partial charge in [0.25, 0.3) is 0 Å². The van der Waals surface area contributed by atoms with E-state index in [9.17, 15) is 9.90 Å². The number of amides is 1. The van der Waals surface area contributed by atoms with E-state index in [-0.39, 0.29) is 22.8 Å². The molecule has 1 rings (SSSR count). The molecule has 3 nitrogen and oxygen atoms in total. The number of hydrogen-bond donors (Lipinski definition) is 2. The van der Waals surface area contributed by atoms with E-state index in [1.54, 1.807) is 6.92 Å². The van der Waals surface area contributed by atoms with Crippen molar-refractivity contribution >= 4 is 21.8 Å². The molecule has 4 heteroatoms. The van der Waals surface area contributed by atoms with Crippen molar-refractivity contribution in [2.75, 3.05) is 13.2 Å². The Morgan fingerprint density at radius 3 is 2.57 bits per heavy atom. The first-order valence-electron chi connectivity index (χ1n) is 5.12. The lowest BCUT2D eigenvalue weighted by Gasteiger charge is -2.26. The second-order valence-corrected chi connectivity index (χ2v) is 5.57. The number of carbonyl (C=O) groups is 1. The fourth-order valence-corrected chi connectivity index (χ4v) is 2.09. The highest BCUT2D eigenvalue weighted by Gasteiger charge is 2.33. The van der Waals surface area contributed by atoms with E-state index in [4.69, 9.17) is 0 Å². The molecule has 1 aliphatic rings. The Balaban J connectivity index is 2.38. The van der Waals surface area contributed by atoms with Crippen LogP contribution in [-0.2, 0) is 4.79 Å². The SMILES string of the molecule is CC(Br)C(=O)NCC1(CO)CCCC1. The maximum Gasteiger partial charge on any atom is 0.233 e. The third-order valence-corrected chi connectivity index (χ3v) is 3.41. The Kier molecular flexibility index (Phi) is 4.38. The fourth-order valence-electron chi connectivity index (χ4n) is 1.93. The van der Waals surface area contributed by atoms with Crippen molar-refractivity contribution in [3.8, 4) is 0 Å². The van der Waals surface area contributed by atoms with Crippen molar-refractivity contribution in [2.24, 2.45) is 5.41 Å². The van der Waals surface area contributed by atoms with Gasteiger partial charge in [0.2, 0.25) is 5.91 Å². The third-order valence-electron chi connectivity index (χ3n) is 3.00. The number of nitrogens with one attached hydrogen (secondary N) is 1. The van der Waals surface area contributed by atoms with Crippen molar-refractivity contribution in [3.05, 3.63) is 0 Å². The Morgan fingerprint density at radius 2 is 2.14 bits per heavy atom. The number of rotatable bonds is 4. The first-order valence-corrected chi connectivity index (χ1v) is 6.04. The van der Waals surface area contributed by atoms with E-state index in [2.05, 4.69) is 21.2 Å². The summed E-state index contributed by atoms with van der Waals surface area (Å²) < 4.78 is 0. The van der Waals surface area contributed by atoms with Gasteiger partial charge in [-0.05, 0) is 19.8 Å². The minimum atomic E-state index is -0.153. The highest BCUT2D eigenvalue weighted by molar-refractivity contribution is 9.10. The first-order chi connectivity index (χ1) is 6.59. The van der Waals surface area contributed by atoms with Crippen LogP contribution in [0.2, 0.25) is 0 Å². The summed E-state index contributed by atoms with van der Waals surface area (Å²) >= 11 is 3.21. The molecule has 0 aliphatic heterocycles. The fraction of sp³-hybridized carbons (Fsp3) is 0.900. The summed E-state index contributed by atoms with van der Waals surface area (Å²) in [4.78, 5) is 11.2. The van der Waals surface area contributed by atoms with Crippen molar-refractivity contribution in [3.63, 3.8) is 0 Å². The zero-order chi connectivity index (χ0) is 10.6. The average Bonchev–Trinajstić information content (AvgIpc) is 2.63. The summed E-state index contributed by atoms with van der Waals surface area (Å²) in [5.74, 6) is 0.00438. The molecule has 1 fully saturated rings. The first kappa shape index (κ1) is 12.0. The standard InChI is InChI=1S/C10H18BrNO2/c1-8(11)9(14)12-6-10(7-13)4-2-3-5-10/h8,13H,2-7H2,1H3,(H,12,14). The van der Waals surface area contributed by atoms with Gasteiger partial charge in [0, 0.05) is 12.0 Å². The summed E-state index contributed by atoms with van der Waals surface area (Å²) in [5, 5.41) is 12.2. The third kappa shape index (κ3) is 2.95. The van der Waals surface area contributed by atoms with Crippen LogP contribution in [0.1, 0.15) is 32.6 Å². The van der Waals surface area contributed by atoms with Crippen LogP contribution in [0.3, 0.4) is 0 Å². The Hall–Kier alpha value is -0.0900. The normalized spacial score (nSPS) is 21.9. The van der Waals surface area contributed by atoms with E-state index >= 15 is 0 Å². The molecule has 0 heterocycles. The van der Waals surface area contributed by atoms with Crippen LogP contribution in [0.5, 0.6) is 0 Å². The second kappa shape index (κ2) is 5.12. The maximum absolute atomic E-state index is 11.3. The largest absolute Gasteiger partial charge is 0.396 e. The van der Waals surface area contributed by atoms with Gasteiger partial charge in [0.15, 0.2) is 0 Å². The lowest BCUT2D eigenvalue weighted by molar-refractivity contribution is -0.120. The van der Waals surface area contributed by atoms with Crippen LogP contribution in [-0.4, -0.2) is 29.0 Å². The van der Waals surface area contributed by atoms with Crippen molar-refractivity contribution in [1.82, 2.24) is 5.32 Å². The van der Waals surface area contributed by atoms with Crippen molar-refractivity contribution in [2.45, 2.75) is 37.4 Å². The minimum Gasteiger partial charge on any atom is -0.396 e. The summed E-state index contributed by atoms with van der Waals surface area (Å²) in [6.45, 7) is 2.60. The number of hydrogen-bond acceptors (Lipinski definition) is 2. The Bertz CT molecular complexity index is 200. The van der Waals surface area contributed by atoms with Gasteiger partial charge in [-0.1, -0.05) is 28.8 Å². The Labute approximate surface area is 93.4 Å². The van der Waals surface area contributed by atoms with Gasteiger partial charge in [-0.3, -0.25) is 4.79 Å². The zero-order valence-corrected chi connectivity index (χ0v) is 10.1. The lowest BCUT2D eigenvalue weighted by Crippen LogP contribution is -2.40. The average molecular weight is 264 g/mol. The smallest absolute Gasteiger partial charge is 0.233 e. The van der Waals surface area contributed by atoms with Gasteiger partial charge in [-0.25, -0.2) is 0 Å². The second-order valence-electron chi connectivity index (χ2n) is 4.20. The molecule has 1 unspecified atom stereocenters. The number of carbonyl (C=O) groups excluding carboxylic acids is 1. The summed E-state index contributed by atoms with van der Waals surface area (Å²) in [6.07, 6.45) is 4.39. The lowest BCUT2D eigenvalue weighted by atomic mass is 9.87. The van der Waals surface area contributed by atoms with Gasteiger partial charge in [-0.2, -0.15) is 0 Å². The molecule has 0 aromatic heterocycles. The van der Waals surface area contributed by atoms with Crippen LogP contribution < -0.4 is 5.32 Å². The molecule has 1 aliphatic carbocycles. The molecule has 1 amide bonds. The van der Waals surface area contributed by atoms with Gasteiger partial charge in [-0.15, -0.1) is 0 Å². The van der Waals surface area contributed by atoms with Crippen LogP contribution in [0.15, 0.2) is 0 Å². The number of aliphatic hydroxyl groups excluding tert-OH is 1. The zero-order valence-electron chi connectivity index (χ0n) is 8.55. The molecule has 0 bridgehead atoms. The van der Waals surface area contributed by atoms with Gasteiger partial charge in [0.05, 0.1) is 11.4 Å². The van der Waals surface area contributed by atoms with E-state index in [1.165, 1.54) is 12.8 Å². The molecule has 0 aromatic carbocycles. The molecular weight excluding hydrogens is 246 g/mol. The predicted molar refractivity (Wildman–Crippen MR) is 59.4 cm³/mol. The van der Waals surface area contributed by atoms with Crippen molar-refractivity contribution in [1.29, 1.82) is 0 Å². The highest BCUT2D eigenvalue weighted by Crippen LogP contribution is 2.36. The quantitative estimate of drug-likeness (QED) is 0.755. The molecule has 1 saturated carbocycles. The molecular formula is C10H18BrNO2. The molecule has 2 N–H and O–H groups in total. The molecule has 82 valence electrons. The molecule has 0 aromatic rings. The van der Waals surface area contributed by atoms with E-state index in [1.807, 2.05) is 0 Å². The number of alkyl halides is 1. The highest BCUT2D eigenvalue weighted by atomic mass is 79.9. The van der Waals surface area contributed by atoms with Crippen molar-refractivity contribution < 1.29 is 9.90 Å². The van der Waals surface area contributed by atoms with E-state index < -0.39 is 0 Å². The molecule has 14 heavy (non-hydrogen) atoms. The summed E-state index contributed by atoms with van der Waals surface area (Å²) in [5.41, 5.74) is -0.0441. The van der Waals surface area contributed by atoms with Crippen LogP contribution in [0.4, 0.5) is 0 Å². The van der Waals surface area contributed by atoms with E-state index in [0.717, 1.165) is 12.8 Å². The van der Waals surface area contributed by atoms with Gasteiger partial charge in [0.1, 0.15) is 0 Å². The van der Waals surface area contributed by atoms with Crippen LogP contribution >= 0.6 is 15.9 Å². The summed E-state index contributed by atoms with van der Waals surface area (Å²) in [7, 11) is 0. The molecule has 0 saturated heterocycles. The topological polar surface area (TPSA) is 49.3 Å². The number of halogens is 1. The van der Waals surface area contributed by atoms with Gasteiger partial charge >= 0.3 is 0 Å². The number of aliphatic hydroxyl groups is 1. The molecule has 1 atom stereocenters.